The number of nitro groups is 1. The SMILES string of the molecule is COc1cc(/C=C2\SC(=O)N(Cc3ccc(Cl)cc3Cl)C2=O)ccc1Oc1ccc(C(F)(F)F)cc1[N+](=O)[O-]. The summed E-state index contributed by atoms with van der Waals surface area (Å²) in [5.41, 5.74) is -1.12. The molecule has 1 heterocycles. The Bertz CT molecular complexity index is 1530. The van der Waals surface area contributed by atoms with Crippen LogP contribution >= 0.6 is 35.0 Å². The van der Waals surface area contributed by atoms with E-state index >= 15 is 0 Å². The third kappa shape index (κ3) is 6.29. The van der Waals surface area contributed by atoms with E-state index in [-0.39, 0.29) is 22.9 Å². The Morgan fingerprint density at radius 2 is 1.74 bits per heavy atom. The maximum atomic E-state index is 13.0. The molecule has 4 rings (SSSR count). The molecule has 202 valence electrons. The van der Waals surface area contributed by atoms with Crippen LogP contribution in [0.15, 0.2) is 59.5 Å². The second-order valence-corrected chi connectivity index (χ2v) is 9.79. The molecule has 14 heteroatoms. The van der Waals surface area contributed by atoms with Gasteiger partial charge in [-0.2, -0.15) is 13.2 Å². The topological polar surface area (TPSA) is 99.0 Å². The maximum absolute atomic E-state index is 13.0. The molecule has 1 fully saturated rings. The number of halogens is 5. The zero-order valence-corrected chi connectivity index (χ0v) is 22.0. The summed E-state index contributed by atoms with van der Waals surface area (Å²) in [5, 5.41) is 11.6. The first-order chi connectivity index (χ1) is 18.4. The molecule has 1 aliphatic rings. The van der Waals surface area contributed by atoms with Crippen LogP contribution in [0.4, 0.5) is 23.7 Å². The molecule has 0 bridgehead atoms. The first kappa shape index (κ1) is 28.3. The van der Waals surface area contributed by atoms with Gasteiger partial charge in [-0.1, -0.05) is 35.3 Å². The van der Waals surface area contributed by atoms with Crippen molar-refractivity contribution in [2.24, 2.45) is 0 Å². The summed E-state index contributed by atoms with van der Waals surface area (Å²) in [4.78, 5) is 37.0. The predicted molar refractivity (Wildman–Crippen MR) is 139 cm³/mol. The maximum Gasteiger partial charge on any atom is 0.416 e. The van der Waals surface area contributed by atoms with Gasteiger partial charge in [-0.05, 0) is 65.4 Å². The number of rotatable bonds is 7. The molecule has 0 unspecified atom stereocenters. The number of ether oxygens (including phenoxy) is 2. The van der Waals surface area contributed by atoms with Crippen LogP contribution in [0.25, 0.3) is 6.08 Å². The van der Waals surface area contributed by atoms with E-state index in [9.17, 15) is 32.9 Å². The van der Waals surface area contributed by atoms with E-state index in [4.69, 9.17) is 32.7 Å². The molecule has 0 aromatic heterocycles. The van der Waals surface area contributed by atoms with Gasteiger partial charge in [0.25, 0.3) is 11.1 Å². The number of nitro benzene ring substituents is 1. The third-order valence-electron chi connectivity index (χ3n) is 5.41. The highest BCUT2D eigenvalue weighted by molar-refractivity contribution is 8.18. The average molecular weight is 599 g/mol. The smallest absolute Gasteiger partial charge is 0.416 e. The van der Waals surface area contributed by atoms with Gasteiger partial charge in [-0.25, -0.2) is 0 Å². The molecule has 8 nitrogen and oxygen atoms in total. The first-order valence-electron chi connectivity index (χ1n) is 10.8. The van der Waals surface area contributed by atoms with Gasteiger partial charge in [0.05, 0.1) is 29.0 Å². The number of alkyl halides is 3. The predicted octanol–water partition coefficient (Wildman–Crippen LogP) is 7.96. The molecule has 0 saturated carbocycles. The second kappa shape index (κ2) is 11.2. The van der Waals surface area contributed by atoms with Crippen molar-refractivity contribution in [1.29, 1.82) is 0 Å². The highest BCUT2D eigenvalue weighted by atomic mass is 35.5. The molecular formula is C25H15Cl2F3N2O6S. The molecule has 0 N–H and O–H groups in total. The molecule has 2 amide bonds. The van der Waals surface area contributed by atoms with E-state index in [1.807, 2.05) is 0 Å². The van der Waals surface area contributed by atoms with E-state index in [1.54, 1.807) is 12.1 Å². The number of carbonyl (C=O) groups is 2. The van der Waals surface area contributed by atoms with Crippen molar-refractivity contribution >= 4 is 57.9 Å². The van der Waals surface area contributed by atoms with Crippen molar-refractivity contribution in [2.45, 2.75) is 12.7 Å². The van der Waals surface area contributed by atoms with Crippen molar-refractivity contribution in [3.8, 4) is 17.2 Å². The van der Waals surface area contributed by atoms with Crippen LogP contribution in [-0.2, 0) is 17.5 Å². The normalized spacial score (nSPS) is 14.7. The molecular weight excluding hydrogens is 584 g/mol. The van der Waals surface area contributed by atoms with Gasteiger partial charge < -0.3 is 9.47 Å². The summed E-state index contributed by atoms with van der Waals surface area (Å²) < 4.78 is 49.8. The van der Waals surface area contributed by atoms with E-state index in [0.717, 1.165) is 22.7 Å². The molecule has 1 aliphatic heterocycles. The molecule has 0 spiro atoms. The van der Waals surface area contributed by atoms with Gasteiger partial charge in [0.15, 0.2) is 11.5 Å². The van der Waals surface area contributed by atoms with Crippen molar-refractivity contribution in [3.63, 3.8) is 0 Å². The van der Waals surface area contributed by atoms with Crippen LogP contribution in [0.3, 0.4) is 0 Å². The summed E-state index contributed by atoms with van der Waals surface area (Å²) >= 11 is 12.8. The first-order valence-corrected chi connectivity index (χ1v) is 12.4. The van der Waals surface area contributed by atoms with Crippen LogP contribution < -0.4 is 9.47 Å². The Morgan fingerprint density at radius 3 is 2.38 bits per heavy atom. The minimum atomic E-state index is -4.77. The minimum Gasteiger partial charge on any atom is -0.493 e. The second-order valence-electron chi connectivity index (χ2n) is 7.95. The Kier molecular flexibility index (Phi) is 8.09. The van der Waals surface area contributed by atoms with Gasteiger partial charge in [0.1, 0.15) is 0 Å². The highest BCUT2D eigenvalue weighted by Crippen LogP contribution is 2.41. The van der Waals surface area contributed by atoms with Crippen LogP contribution in [0.5, 0.6) is 17.2 Å². The molecule has 3 aromatic carbocycles. The summed E-state index contributed by atoms with van der Waals surface area (Å²) in [5.74, 6) is -0.926. The third-order valence-corrected chi connectivity index (χ3v) is 6.90. The van der Waals surface area contributed by atoms with Crippen LogP contribution in [0.1, 0.15) is 16.7 Å². The molecule has 0 radical (unpaired) electrons. The summed E-state index contributed by atoms with van der Waals surface area (Å²) in [6, 6.07) is 10.9. The van der Waals surface area contributed by atoms with Crippen LogP contribution in [0.2, 0.25) is 10.0 Å². The van der Waals surface area contributed by atoms with Crippen molar-refractivity contribution in [1.82, 2.24) is 4.90 Å². The van der Waals surface area contributed by atoms with Crippen molar-refractivity contribution in [3.05, 3.63) is 96.4 Å². The van der Waals surface area contributed by atoms with Gasteiger partial charge >= 0.3 is 11.9 Å². The van der Waals surface area contributed by atoms with Gasteiger partial charge in [-0.15, -0.1) is 0 Å². The molecule has 39 heavy (non-hydrogen) atoms. The quantitative estimate of drug-likeness (QED) is 0.154. The standard InChI is InChI=1S/C25H15Cl2F3N2O6S/c1-37-21-8-13(2-6-20(21)38-19-7-4-15(25(28,29)30)10-18(19)32(35)36)9-22-23(33)31(24(34)39-22)12-14-3-5-16(26)11-17(14)27/h2-11H,12H2,1H3/b22-9-. The number of hydrogen-bond donors (Lipinski definition) is 0. The number of imide groups is 1. The van der Waals surface area contributed by atoms with E-state index in [1.165, 1.54) is 37.5 Å². The summed E-state index contributed by atoms with van der Waals surface area (Å²) in [6.07, 6.45) is -3.33. The lowest BCUT2D eigenvalue weighted by atomic mass is 10.1. The minimum absolute atomic E-state index is 0.0250. The number of nitrogens with zero attached hydrogens (tertiary/aromatic N) is 2. The number of hydrogen-bond acceptors (Lipinski definition) is 7. The lowest BCUT2D eigenvalue weighted by Gasteiger charge is -2.14. The van der Waals surface area contributed by atoms with Crippen LogP contribution in [-0.4, -0.2) is 28.1 Å². The largest absolute Gasteiger partial charge is 0.493 e. The number of carbonyl (C=O) groups excluding carboxylic acids is 2. The number of thioether (sulfide) groups is 1. The van der Waals surface area contributed by atoms with Gasteiger partial charge in [0.2, 0.25) is 5.75 Å². The molecule has 3 aromatic rings. The Balaban J connectivity index is 1.58. The fraction of sp³-hybridized carbons (Fsp3) is 0.120. The lowest BCUT2D eigenvalue weighted by molar-refractivity contribution is -0.385. The lowest BCUT2D eigenvalue weighted by Crippen LogP contribution is -2.27. The average Bonchev–Trinajstić information content (AvgIpc) is 3.13. The van der Waals surface area contributed by atoms with E-state index in [2.05, 4.69) is 0 Å². The molecule has 0 atom stereocenters. The fourth-order valence-corrected chi connectivity index (χ4v) is 4.81. The van der Waals surface area contributed by atoms with Crippen molar-refractivity contribution < 1.29 is 37.2 Å². The Hall–Kier alpha value is -3.74. The molecule has 1 saturated heterocycles. The molecule has 0 aliphatic carbocycles. The van der Waals surface area contributed by atoms with Crippen LogP contribution in [0, 0.1) is 10.1 Å². The van der Waals surface area contributed by atoms with Gasteiger partial charge in [-0.3, -0.25) is 24.6 Å². The summed E-state index contributed by atoms with van der Waals surface area (Å²) in [7, 11) is 1.29. The number of benzene rings is 3. The van der Waals surface area contributed by atoms with E-state index < -0.39 is 39.2 Å². The fourth-order valence-electron chi connectivity index (χ4n) is 3.51. The number of amides is 2. The highest BCUT2D eigenvalue weighted by Gasteiger charge is 2.36. The zero-order chi connectivity index (χ0) is 28.5. The zero-order valence-electron chi connectivity index (χ0n) is 19.6. The summed E-state index contributed by atoms with van der Waals surface area (Å²) in [6.45, 7) is -0.0555. The Morgan fingerprint density at radius 1 is 1.03 bits per heavy atom. The monoisotopic (exact) mass is 598 g/mol. The Labute approximate surface area is 233 Å². The van der Waals surface area contributed by atoms with E-state index in [0.29, 0.717) is 33.3 Å². The van der Waals surface area contributed by atoms with Gasteiger partial charge in [0, 0.05) is 16.1 Å². The number of methoxy groups -OCH3 is 1. The van der Waals surface area contributed by atoms with Crippen molar-refractivity contribution in [2.75, 3.05) is 7.11 Å².